The summed E-state index contributed by atoms with van der Waals surface area (Å²) in [6, 6.07) is 1.29. The summed E-state index contributed by atoms with van der Waals surface area (Å²) in [6.45, 7) is 5.82. The van der Waals surface area contributed by atoms with Gasteiger partial charge in [-0.25, -0.2) is 13.6 Å². The molecule has 2 unspecified atom stereocenters. The summed E-state index contributed by atoms with van der Waals surface area (Å²) in [5, 5.41) is 7.99. The summed E-state index contributed by atoms with van der Waals surface area (Å²) in [4.78, 5) is 12.0. The molecule has 1 aliphatic carbocycles. The molecule has 1 heterocycles. The van der Waals surface area contributed by atoms with Crippen molar-refractivity contribution in [2.75, 3.05) is 0 Å². The number of primary sulfonamides is 1. The lowest BCUT2D eigenvalue weighted by molar-refractivity contribution is 0.0881. The van der Waals surface area contributed by atoms with Crippen molar-refractivity contribution in [1.82, 2.24) is 5.32 Å². The minimum Gasteiger partial charge on any atom is -0.455 e. The van der Waals surface area contributed by atoms with Crippen LogP contribution in [0, 0.1) is 18.8 Å². The lowest BCUT2D eigenvalue weighted by atomic mass is 9.80. The molecule has 21 heavy (non-hydrogen) atoms. The number of hydrogen-bond donors (Lipinski definition) is 2. The molecule has 118 valence electrons. The molecular formula is C14H22N2O4S. The zero-order chi connectivity index (χ0) is 15.8. The van der Waals surface area contributed by atoms with Gasteiger partial charge in [0.15, 0.2) is 5.76 Å². The quantitative estimate of drug-likeness (QED) is 0.887. The number of hydrogen-bond acceptors (Lipinski definition) is 4. The molecule has 1 amide bonds. The first-order chi connectivity index (χ1) is 9.66. The Balaban J connectivity index is 2.11. The van der Waals surface area contributed by atoms with Gasteiger partial charge in [-0.15, -0.1) is 0 Å². The Morgan fingerprint density at radius 3 is 2.33 bits per heavy atom. The first kappa shape index (κ1) is 16.0. The van der Waals surface area contributed by atoms with E-state index in [0.29, 0.717) is 11.8 Å². The third-order valence-electron chi connectivity index (χ3n) is 3.92. The van der Waals surface area contributed by atoms with E-state index in [9.17, 15) is 13.2 Å². The van der Waals surface area contributed by atoms with Crippen LogP contribution in [0.5, 0.6) is 0 Å². The number of nitrogens with one attached hydrogen (secondary N) is 1. The van der Waals surface area contributed by atoms with Crippen molar-refractivity contribution in [2.24, 2.45) is 17.0 Å². The predicted molar refractivity (Wildman–Crippen MR) is 78.3 cm³/mol. The molecule has 0 aromatic carbocycles. The third kappa shape index (κ3) is 3.85. The van der Waals surface area contributed by atoms with Gasteiger partial charge in [-0.1, -0.05) is 13.8 Å². The van der Waals surface area contributed by atoms with Crippen molar-refractivity contribution in [2.45, 2.75) is 51.0 Å². The molecule has 0 radical (unpaired) electrons. The topological polar surface area (TPSA) is 102 Å². The number of rotatable bonds is 3. The van der Waals surface area contributed by atoms with E-state index in [2.05, 4.69) is 19.2 Å². The van der Waals surface area contributed by atoms with Gasteiger partial charge >= 0.3 is 0 Å². The van der Waals surface area contributed by atoms with Gasteiger partial charge in [0.1, 0.15) is 10.7 Å². The van der Waals surface area contributed by atoms with E-state index in [0.717, 1.165) is 12.8 Å². The summed E-state index contributed by atoms with van der Waals surface area (Å²) >= 11 is 0. The van der Waals surface area contributed by atoms with Gasteiger partial charge in [0, 0.05) is 12.1 Å². The first-order valence-electron chi connectivity index (χ1n) is 7.11. The average molecular weight is 314 g/mol. The van der Waals surface area contributed by atoms with Crippen molar-refractivity contribution in [3.63, 3.8) is 0 Å². The summed E-state index contributed by atoms with van der Waals surface area (Å²) in [5.41, 5.74) is 0. The summed E-state index contributed by atoms with van der Waals surface area (Å²) in [7, 11) is -3.87. The SMILES string of the molecule is Cc1oc(C(=O)NC2CC(C)CC(C)C2)cc1S(N)(=O)=O. The standard InChI is InChI=1S/C14H22N2O4S/c1-8-4-9(2)6-11(5-8)16-14(17)12-7-13(10(3)20-12)21(15,18)19/h7-9,11H,4-6H2,1-3H3,(H,16,17)(H2,15,18,19). The fraction of sp³-hybridized carbons (Fsp3) is 0.643. The fourth-order valence-electron chi connectivity index (χ4n) is 3.18. The summed E-state index contributed by atoms with van der Waals surface area (Å²) < 4.78 is 27.9. The third-order valence-corrected chi connectivity index (χ3v) is 4.93. The normalized spacial score (nSPS) is 26.6. The highest BCUT2D eigenvalue weighted by atomic mass is 32.2. The van der Waals surface area contributed by atoms with E-state index in [4.69, 9.17) is 9.56 Å². The zero-order valence-corrected chi connectivity index (χ0v) is 13.4. The maximum atomic E-state index is 12.2. The average Bonchev–Trinajstić information content (AvgIpc) is 2.69. The van der Waals surface area contributed by atoms with Crippen molar-refractivity contribution < 1.29 is 17.6 Å². The van der Waals surface area contributed by atoms with Gasteiger partial charge in [0.2, 0.25) is 10.0 Å². The van der Waals surface area contributed by atoms with Crippen LogP contribution < -0.4 is 10.5 Å². The minimum atomic E-state index is -3.87. The first-order valence-corrected chi connectivity index (χ1v) is 8.65. The second-order valence-corrected chi connectivity index (χ2v) is 7.69. The van der Waals surface area contributed by atoms with Gasteiger partial charge in [0.25, 0.3) is 5.91 Å². The maximum absolute atomic E-state index is 12.2. The molecule has 0 spiro atoms. The second-order valence-electron chi connectivity index (χ2n) is 6.16. The van der Waals surface area contributed by atoms with E-state index < -0.39 is 10.0 Å². The van der Waals surface area contributed by atoms with Crippen LogP contribution in [0.3, 0.4) is 0 Å². The molecule has 2 rings (SSSR count). The Labute approximate surface area is 125 Å². The highest BCUT2D eigenvalue weighted by Crippen LogP contribution is 2.29. The number of carbonyl (C=O) groups is 1. The zero-order valence-electron chi connectivity index (χ0n) is 12.5. The number of furan rings is 1. The Morgan fingerprint density at radius 1 is 1.29 bits per heavy atom. The molecule has 6 nitrogen and oxygen atoms in total. The lowest BCUT2D eigenvalue weighted by Crippen LogP contribution is -2.39. The molecule has 2 atom stereocenters. The van der Waals surface area contributed by atoms with Gasteiger partial charge in [-0.05, 0) is 38.0 Å². The molecule has 1 aliphatic rings. The number of aryl methyl sites for hydroxylation is 1. The molecule has 1 saturated carbocycles. The van der Waals surface area contributed by atoms with Gasteiger partial charge < -0.3 is 9.73 Å². The molecule has 1 aromatic heterocycles. The van der Waals surface area contributed by atoms with E-state index in [1.807, 2.05) is 0 Å². The summed E-state index contributed by atoms with van der Waals surface area (Å²) in [6.07, 6.45) is 3.03. The monoisotopic (exact) mass is 314 g/mol. The molecule has 0 aliphatic heterocycles. The molecule has 0 bridgehead atoms. The van der Waals surface area contributed by atoms with Gasteiger partial charge in [-0.3, -0.25) is 4.79 Å². The van der Waals surface area contributed by atoms with Crippen LogP contribution in [-0.2, 0) is 10.0 Å². The van der Waals surface area contributed by atoms with Gasteiger partial charge in [-0.2, -0.15) is 0 Å². The number of amides is 1. The van der Waals surface area contributed by atoms with Crippen LogP contribution >= 0.6 is 0 Å². The highest BCUT2D eigenvalue weighted by molar-refractivity contribution is 7.89. The van der Waals surface area contributed by atoms with Crippen LogP contribution in [0.4, 0.5) is 0 Å². The Hall–Kier alpha value is -1.34. The van der Waals surface area contributed by atoms with Crippen LogP contribution in [-0.4, -0.2) is 20.4 Å². The summed E-state index contributed by atoms with van der Waals surface area (Å²) in [5.74, 6) is 0.865. The largest absolute Gasteiger partial charge is 0.455 e. The number of nitrogens with two attached hydrogens (primary N) is 1. The molecule has 3 N–H and O–H groups in total. The van der Waals surface area contributed by atoms with Crippen LogP contribution in [0.15, 0.2) is 15.4 Å². The lowest BCUT2D eigenvalue weighted by Gasteiger charge is -2.31. The Bertz CT molecular complexity index is 625. The van der Waals surface area contributed by atoms with Crippen molar-refractivity contribution in [1.29, 1.82) is 0 Å². The number of carbonyl (C=O) groups excluding carboxylic acids is 1. The van der Waals surface area contributed by atoms with E-state index in [1.54, 1.807) is 0 Å². The fourth-order valence-corrected chi connectivity index (χ4v) is 3.89. The van der Waals surface area contributed by atoms with Gasteiger partial charge in [0.05, 0.1) is 0 Å². The highest BCUT2D eigenvalue weighted by Gasteiger charge is 2.27. The maximum Gasteiger partial charge on any atom is 0.287 e. The molecule has 7 heteroatoms. The van der Waals surface area contributed by atoms with Crippen LogP contribution in [0.2, 0.25) is 0 Å². The molecular weight excluding hydrogens is 292 g/mol. The van der Waals surface area contributed by atoms with E-state index in [1.165, 1.54) is 19.4 Å². The van der Waals surface area contributed by atoms with E-state index in [-0.39, 0.29) is 28.4 Å². The number of sulfonamides is 1. The van der Waals surface area contributed by atoms with Crippen molar-refractivity contribution >= 4 is 15.9 Å². The smallest absolute Gasteiger partial charge is 0.287 e. The molecule has 0 saturated heterocycles. The van der Waals surface area contributed by atoms with Crippen LogP contribution in [0.25, 0.3) is 0 Å². The van der Waals surface area contributed by atoms with Crippen molar-refractivity contribution in [3.8, 4) is 0 Å². The molecule has 1 aromatic rings. The Kier molecular flexibility index (Phi) is 4.43. The van der Waals surface area contributed by atoms with E-state index >= 15 is 0 Å². The predicted octanol–water partition coefficient (Wildman–Crippen LogP) is 1.79. The Morgan fingerprint density at radius 2 is 1.86 bits per heavy atom. The second kappa shape index (κ2) is 5.81. The minimum absolute atomic E-state index is 0.0117. The van der Waals surface area contributed by atoms with Crippen molar-refractivity contribution in [3.05, 3.63) is 17.6 Å². The van der Waals surface area contributed by atoms with Crippen LogP contribution in [0.1, 0.15) is 49.4 Å². The molecule has 1 fully saturated rings.